The quantitative estimate of drug-likeness (QED) is 0.135. The van der Waals surface area contributed by atoms with Gasteiger partial charge < -0.3 is 34.1 Å². The van der Waals surface area contributed by atoms with Gasteiger partial charge in [0.15, 0.2) is 11.6 Å². The molecule has 2 N–H and O–H groups in total. The Hall–Kier alpha value is -6.23. The van der Waals surface area contributed by atoms with E-state index in [9.17, 15) is 29.1 Å². The van der Waals surface area contributed by atoms with Gasteiger partial charge in [-0.15, -0.1) is 0 Å². The van der Waals surface area contributed by atoms with Gasteiger partial charge in [-0.2, -0.15) is 0 Å². The molecule has 0 radical (unpaired) electrons. The largest absolute Gasteiger partial charge is 0.478 e. The molecule has 0 bridgehead atoms. The first-order valence-electron chi connectivity index (χ1n) is 16.4. The van der Waals surface area contributed by atoms with Crippen LogP contribution in [0.5, 0.6) is 0 Å². The Morgan fingerprint density at radius 1 is 1.04 bits per heavy atom. The fraction of sp³-hybridized carbons (Fsp3) is 0.306. The highest BCUT2D eigenvalue weighted by atomic mass is 19.2. The number of aryl methyl sites for hydroxylation is 1. The van der Waals surface area contributed by atoms with E-state index in [2.05, 4.69) is 14.8 Å². The van der Waals surface area contributed by atoms with Gasteiger partial charge in [-0.1, -0.05) is 0 Å². The number of halogens is 2. The van der Waals surface area contributed by atoms with Crippen molar-refractivity contribution in [2.45, 2.75) is 18.9 Å². The van der Waals surface area contributed by atoms with Gasteiger partial charge >= 0.3 is 24.0 Å². The van der Waals surface area contributed by atoms with Crippen molar-refractivity contribution in [3.8, 4) is 22.3 Å². The van der Waals surface area contributed by atoms with Gasteiger partial charge in [-0.3, -0.25) is 14.7 Å². The van der Waals surface area contributed by atoms with Crippen LogP contribution in [0, 0.1) is 17.6 Å². The molecule has 17 heteroatoms. The molecular formula is C36H32F2N6O9. The molecule has 53 heavy (non-hydrogen) atoms. The third-order valence-electron chi connectivity index (χ3n) is 9.98. The molecule has 4 aromatic rings. The molecule has 274 valence electrons. The number of amides is 1. The van der Waals surface area contributed by atoms with Crippen molar-refractivity contribution in [1.82, 2.24) is 19.4 Å². The summed E-state index contributed by atoms with van der Waals surface area (Å²) in [6.07, 6.45) is 5.27. The normalized spacial score (nSPS) is 17.6. The number of fused-ring (bicyclic) bond motifs is 5. The predicted molar refractivity (Wildman–Crippen MR) is 185 cm³/mol. The number of likely N-dealkylation sites (N-methyl/N-ethyl adjacent to an activating group) is 1. The van der Waals surface area contributed by atoms with Crippen molar-refractivity contribution < 1.29 is 47.6 Å². The molecule has 7 rings (SSSR count). The van der Waals surface area contributed by atoms with Crippen LogP contribution in [0.3, 0.4) is 0 Å². The molecule has 2 fully saturated rings. The minimum Gasteiger partial charge on any atom is -0.478 e. The topological polar surface area (TPSA) is 185 Å². The summed E-state index contributed by atoms with van der Waals surface area (Å²) in [6.45, 7) is 1.26. The Labute approximate surface area is 299 Å². The van der Waals surface area contributed by atoms with Crippen molar-refractivity contribution in [1.29, 1.82) is 0 Å². The van der Waals surface area contributed by atoms with Crippen LogP contribution >= 0.6 is 0 Å². The number of hydrogen-bond donors (Lipinski definition) is 2. The van der Waals surface area contributed by atoms with Crippen LogP contribution in [-0.4, -0.2) is 100 Å². The highest BCUT2D eigenvalue weighted by Gasteiger charge is 2.44. The molecule has 3 aliphatic rings. The van der Waals surface area contributed by atoms with Gasteiger partial charge in [0.25, 0.3) is 0 Å². The van der Waals surface area contributed by atoms with E-state index < -0.39 is 53.4 Å². The fourth-order valence-electron chi connectivity index (χ4n) is 7.64. The van der Waals surface area contributed by atoms with Crippen LogP contribution < -0.4 is 15.2 Å². The fourth-order valence-corrected chi connectivity index (χ4v) is 7.64. The summed E-state index contributed by atoms with van der Waals surface area (Å²) < 4.78 is 43.0. The lowest BCUT2D eigenvalue weighted by molar-refractivity contribution is -0.146. The highest BCUT2D eigenvalue weighted by Crippen LogP contribution is 2.52. The standard InChI is InChI=1S/C36H32F2N6O9/c1-41-13-17-6-7-44(26(17)15-41)32-21(18-8-20-33(48)22(35(49)50)14-42(2)34(20)40-11-18)12-39-24-9-19-25(10-23(37)31(38)29(19)30(24)32)43(3)36(51)53-16-52-28(47)5-4-27(45)46/h4-5,8,10-12,14,17,26H,6-7,9,13,15-16H2,1-3H3,(H,45,46)(H,49,50)/b5-4+/t17-,26+/m1/s1. The van der Waals surface area contributed by atoms with Gasteiger partial charge in [0.05, 0.1) is 22.5 Å². The first-order valence-corrected chi connectivity index (χ1v) is 16.4. The number of hydrogen-bond acceptors (Lipinski definition) is 11. The maximum Gasteiger partial charge on any atom is 0.416 e. The van der Waals surface area contributed by atoms with Gasteiger partial charge in [-0.25, -0.2) is 32.9 Å². The van der Waals surface area contributed by atoms with Gasteiger partial charge in [0.1, 0.15) is 11.2 Å². The average molecular weight is 731 g/mol. The molecule has 1 aromatic carbocycles. The number of nitrogens with zero attached hydrogens (tertiary/aromatic N) is 6. The van der Waals surface area contributed by atoms with Crippen LogP contribution in [-0.2, 0) is 32.5 Å². The van der Waals surface area contributed by atoms with E-state index in [1.165, 1.54) is 30.1 Å². The molecular weight excluding hydrogens is 698 g/mol. The minimum absolute atomic E-state index is 0.0102. The smallest absolute Gasteiger partial charge is 0.416 e. The molecule has 0 spiro atoms. The number of carboxylic acids is 2. The summed E-state index contributed by atoms with van der Waals surface area (Å²) in [5.74, 6) is -5.96. The number of carbonyl (C=O) groups is 4. The van der Waals surface area contributed by atoms with Crippen molar-refractivity contribution in [2.75, 3.05) is 50.3 Å². The summed E-state index contributed by atoms with van der Waals surface area (Å²) in [7, 11) is 4.86. The van der Waals surface area contributed by atoms with Crippen LogP contribution in [0.25, 0.3) is 33.3 Å². The Kier molecular flexibility index (Phi) is 8.89. The molecule has 2 atom stereocenters. The third kappa shape index (κ3) is 6.11. The molecule has 2 aliphatic heterocycles. The number of anilines is 2. The van der Waals surface area contributed by atoms with E-state index in [1.54, 1.807) is 13.2 Å². The van der Waals surface area contributed by atoms with Crippen LogP contribution in [0.2, 0.25) is 0 Å². The summed E-state index contributed by atoms with van der Waals surface area (Å²) >= 11 is 0. The molecule has 3 aromatic heterocycles. The molecule has 2 saturated heterocycles. The maximum atomic E-state index is 16.2. The second-order valence-corrected chi connectivity index (χ2v) is 13.2. The zero-order chi connectivity index (χ0) is 37.9. The SMILES string of the molecule is CN1C[C@H]2CCN(c3c(-c4cnc5c(c4)c(=O)c(C(=O)O)cn5C)cnc4c3-c3c(F)c(F)cc(N(C)C(=O)OCOC(=O)/C=C/C(=O)O)c3C4)[C@H]2C1. The number of rotatable bonds is 8. The number of ether oxygens (including phenoxy) is 2. The van der Waals surface area contributed by atoms with Crippen molar-refractivity contribution >= 4 is 46.4 Å². The van der Waals surface area contributed by atoms with E-state index in [0.717, 1.165) is 23.9 Å². The number of esters is 1. The molecule has 0 saturated carbocycles. The van der Waals surface area contributed by atoms with Gasteiger partial charge in [0, 0.05) is 105 Å². The lowest BCUT2D eigenvalue weighted by atomic mass is 9.96. The van der Waals surface area contributed by atoms with Crippen molar-refractivity contribution in [2.24, 2.45) is 13.0 Å². The van der Waals surface area contributed by atoms with Crippen LogP contribution in [0.1, 0.15) is 28.0 Å². The monoisotopic (exact) mass is 730 g/mol. The van der Waals surface area contributed by atoms with E-state index in [0.29, 0.717) is 59.2 Å². The zero-order valence-electron chi connectivity index (χ0n) is 28.6. The molecule has 1 amide bonds. The number of likely N-dealkylation sites (tertiary alicyclic amines) is 1. The number of carbonyl (C=O) groups excluding carboxylic acids is 2. The summed E-state index contributed by atoms with van der Waals surface area (Å²) in [4.78, 5) is 75.1. The minimum atomic E-state index is -1.39. The summed E-state index contributed by atoms with van der Waals surface area (Å²) in [5, 5.41) is 18.4. The first-order chi connectivity index (χ1) is 25.2. The average Bonchev–Trinajstić information content (AvgIpc) is 3.81. The van der Waals surface area contributed by atoms with Gasteiger partial charge in [0.2, 0.25) is 12.2 Å². The zero-order valence-corrected chi connectivity index (χ0v) is 28.6. The van der Waals surface area contributed by atoms with E-state index in [1.807, 2.05) is 7.05 Å². The lowest BCUT2D eigenvalue weighted by Crippen LogP contribution is -2.35. The number of aromatic carboxylic acids is 1. The highest BCUT2D eigenvalue weighted by molar-refractivity contribution is 6.00. The summed E-state index contributed by atoms with van der Waals surface area (Å²) in [5.41, 5.74) is 1.39. The first kappa shape index (κ1) is 35.2. The molecule has 0 unspecified atom stereocenters. The summed E-state index contributed by atoms with van der Waals surface area (Å²) in [6, 6.07) is 2.41. The maximum absolute atomic E-state index is 16.2. The second kappa shape index (κ2) is 13.4. The Balaban J connectivity index is 1.35. The van der Waals surface area contributed by atoms with Crippen LogP contribution in [0.4, 0.5) is 25.0 Å². The predicted octanol–water partition coefficient (Wildman–Crippen LogP) is 3.40. The lowest BCUT2D eigenvalue weighted by Gasteiger charge is -2.31. The third-order valence-corrected chi connectivity index (χ3v) is 9.98. The molecule has 1 aliphatic carbocycles. The second-order valence-electron chi connectivity index (χ2n) is 13.2. The van der Waals surface area contributed by atoms with E-state index in [4.69, 9.17) is 19.6 Å². The van der Waals surface area contributed by atoms with E-state index in [-0.39, 0.29) is 40.3 Å². The van der Waals surface area contributed by atoms with E-state index >= 15 is 8.78 Å². The molecule has 15 nitrogen and oxygen atoms in total. The number of carboxylic acid groups (broad SMARTS) is 2. The Bertz CT molecular complexity index is 2340. The van der Waals surface area contributed by atoms with Gasteiger partial charge in [-0.05, 0) is 31.0 Å². The van der Waals surface area contributed by atoms with Crippen molar-refractivity contribution in [3.63, 3.8) is 0 Å². The number of pyridine rings is 3. The Morgan fingerprint density at radius 3 is 2.55 bits per heavy atom. The Morgan fingerprint density at radius 2 is 1.81 bits per heavy atom. The molecule has 5 heterocycles. The number of aromatic nitrogens is 3. The number of benzene rings is 1. The number of aliphatic carboxylic acids is 1. The van der Waals surface area contributed by atoms with Crippen LogP contribution in [0.15, 0.2) is 47.7 Å². The van der Waals surface area contributed by atoms with Crippen molar-refractivity contribution in [3.05, 3.63) is 81.6 Å².